The Kier molecular flexibility index (Phi) is 4.63. The molecular formula is C18H21FO2. The lowest BCUT2D eigenvalue weighted by Crippen LogP contribution is -2.22. The molecule has 0 radical (unpaired) electrons. The van der Waals surface area contributed by atoms with Crippen molar-refractivity contribution >= 4 is 0 Å². The zero-order valence-electron chi connectivity index (χ0n) is 12.7. The van der Waals surface area contributed by atoms with E-state index >= 15 is 0 Å². The van der Waals surface area contributed by atoms with Crippen LogP contribution in [-0.4, -0.2) is 11.7 Å². The van der Waals surface area contributed by atoms with Gasteiger partial charge in [0.1, 0.15) is 6.61 Å². The summed E-state index contributed by atoms with van der Waals surface area (Å²) < 4.78 is 19.9. The van der Waals surface area contributed by atoms with E-state index in [0.29, 0.717) is 6.61 Å². The van der Waals surface area contributed by atoms with Gasteiger partial charge in [-0.2, -0.15) is 0 Å². The van der Waals surface area contributed by atoms with Crippen molar-refractivity contribution in [2.75, 3.05) is 6.61 Å². The fourth-order valence-corrected chi connectivity index (χ4v) is 2.13. The number of rotatable bonds is 5. The van der Waals surface area contributed by atoms with Crippen LogP contribution >= 0.6 is 0 Å². The van der Waals surface area contributed by atoms with Gasteiger partial charge in [0, 0.05) is 5.41 Å². The summed E-state index contributed by atoms with van der Waals surface area (Å²) in [6.07, 6.45) is 0. The molecule has 0 amide bonds. The number of benzene rings is 2. The Morgan fingerprint density at radius 3 is 2.38 bits per heavy atom. The summed E-state index contributed by atoms with van der Waals surface area (Å²) in [4.78, 5) is 0. The van der Waals surface area contributed by atoms with Crippen molar-refractivity contribution in [3.8, 4) is 5.75 Å². The highest BCUT2D eigenvalue weighted by Crippen LogP contribution is 2.31. The number of aryl methyl sites for hydroxylation is 1. The number of hydrogen-bond donors (Lipinski definition) is 1. The summed E-state index contributed by atoms with van der Waals surface area (Å²) in [5.41, 5.74) is 2.04. The number of aliphatic hydroxyl groups excluding tert-OH is 1. The van der Waals surface area contributed by atoms with Crippen molar-refractivity contribution in [2.45, 2.75) is 32.8 Å². The SMILES string of the molecule is Cc1cc(C(C)(C)CO)cc(F)c1OCc1ccccc1. The van der Waals surface area contributed by atoms with Gasteiger partial charge in [0.15, 0.2) is 11.6 Å². The Hall–Kier alpha value is -1.87. The van der Waals surface area contributed by atoms with Crippen molar-refractivity contribution in [3.05, 3.63) is 65.0 Å². The maximum atomic E-state index is 14.3. The molecule has 21 heavy (non-hydrogen) atoms. The molecule has 2 aromatic carbocycles. The van der Waals surface area contributed by atoms with Gasteiger partial charge in [-0.05, 0) is 29.7 Å². The highest BCUT2D eigenvalue weighted by Gasteiger charge is 2.22. The maximum Gasteiger partial charge on any atom is 0.165 e. The lowest BCUT2D eigenvalue weighted by atomic mass is 9.84. The van der Waals surface area contributed by atoms with Crippen LogP contribution in [0.5, 0.6) is 5.75 Å². The van der Waals surface area contributed by atoms with Gasteiger partial charge in [-0.25, -0.2) is 4.39 Å². The van der Waals surface area contributed by atoms with E-state index in [9.17, 15) is 9.50 Å². The van der Waals surface area contributed by atoms with Gasteiger partial charge in [0.25, 0.3) is 0 Å². The summed E-state index contributed by atoms with van der Waals surface area (Å²) in [5, 5.41) is 9.40. The van der Waals surface area contributed by atoms with Gasteiger partial charge in [0.2, 0.25) is 0 Å². The second-order valence-corrected chi connectivity index (χ2v) is 5.92. The van der Waals surface area contributed by atoms with Crippen LogP contribution in [-0.2, 0) is 12.0 Å². The monoisotopic (exact) mass is 288 g/mol. The highest BCUT2D eigenvalue weighted by atomic mass is 19.1. The number of aliphatic hydroxyl groups is 1. The van der Waals surface area contributed by atoms with Crippen LogP contribution < -0.4 is 4.74 Å². The quantitative estimate of drug-likeness (QED) is 0.901. The van der Waals surface area contributed by atoms with E-state index in [4.69, 9.17) is 4.74 Å². The standard InChI is InChI=1S/C18H21FO2/c1-13-9-15(18(2,3)12-20)10-16(19)17(13)21-11-14-7-5-4-6-8-14/h4-10,20H,11-12H2,1-3H3. The molecule has 0 heterocycles. The predicted molar refractivity (Wildman–Crippen MR) is 82.0 cm³/mol. The van der Waals surface area contributed by atoms with Crippen LogP contribution in [0.1, 0.15) is 30.5 Å². The molecule has 0 spiro atoms. The Morgan fingerprint density at radius 1 is 1.14 bits per heavy atom. The second-order valence-electron chi connectivity index (χ2n) is 5.92. The molecule has 0 aliphatic rings. The Balaban J connectivity index is 2.22. The average molecular weight is 288 g/mol. The third-order valence-electron chi connectivity index (χ3n) is 3.63. The lowest BCUT2D eigenvalue weighted by Gasteiger charge is -2.23. The van der Waals surface area contributed by atoms with E-state index in [2.05, 4.69) is 0 Å². The molecule has 2 nitrogen and oxygen atoms in total. The fraction of sp³-hybridized carbons (Fsp3) is 0.333. The van der Waals surface area contributed by atoms with E-state index in [0.717, 1.165) is 16.7 Å². The Labute approximate surface area is 125 Å². The lowest BCUT2D eigenvalue weighted by molar-refractivity contribution is 0.217. The van der Waals surface area contributed by atoms with Crippen molar-refractivity contribution < 1.29 is 14.2 Å². The first-order valence-electron chi connectivity index (χ1n) is 7.02. The van der Waals surface area contributed by atoms with Crippen molar-refractivity contribution in [1.29, 1.82) is 0 Å². The van der Waals surface area contributed by atoms with Gasteiger partial charge >= 0.3 is 0 Å². The van der Waals surface area contributed by atoms with Crippen LogP contribution in [0.15, 0.2) is 42.5 Å². The summed E-state index contributed by atoms with van der Waals surface area (Å²) in [6, 6.07) is 13.0. The first kappa shape index (κ1) is 15.5. The van der Waals surface area contributed by atoms with Gasteiger partial charge in [-0.15, -0.1) is 0 Å². The van der Waals surface area contributed by atoms with Gasteiger partial charge < -0.3 is 9.84 Å². The average Bonchev–Trinajstić information content (AvgIpc) is 2.47. The smallest absolute Gasteiger partial charge is 0.165 e. The van der Waals surface area contributed by atoms with Gasteiger partial charge in [-0.1, -0.05) is 50.2 Å². The first-order chi connectivity index (χ1) is 9.94. The molecule has 0 saturated carbocycles. The summed E-state index contributed by atoms with van der Waals surface area (Å²) >= 11 is 0. The van der Waals surface area contributed by atoms with Crippen LogP contribution in [0, 0.1) is 12.7 Å². The van der Waals surface area contributed by atoms with Crippen molar-refractivity contribution in [3.63, 3.8) is 0 Å². The maximum absolute atomic E-state index is 14.3. The molecule has 0 fully saturated rings. The highest BCUT2D eigenvalue weighted by molar-refractivity contribution is 5.40. The molecule has 1 N–H and O–H groups in total. The zero-order valence-corrected chi connectivity index (χ0v) is 12.7. The third-order valence-corrected chi connectivity index (χ3v) is 3.63. The van der Waals surface area contributed by atoms with E-state index in [1.807, 2.05) is 57.2 Å². The summed E-state index contributed by atoms with van der Waals surface area (Å²) in [5.74, 6) is -0.112. The normalized spacial score (nSPS) is 11.5. The summed E-state index contributed by atoms with van der Waals surface area (Å²) in [7, 11) is 0. The molecule has 3 heteroatoms. The number of hydrogen-bond acceptors (Lipinski definition) is 2. The van der Waals surface area contributed by atoms with Gasteiger partial charge in [0.05, 0.1) is 6.61 Å². The van der Waals surface area contributed by atoms with Crippen molar-refractivity contribution in [2.24, 2.45) is 0 Å². The molecule has 0 aliphatic heterocycles. The number of ether oxygens (including phenoxy) is 1. The Morgan fingerprint density at radius 2 is 1.81 bits per heavy atom. The minimum absolute atomic E-state index is 0.0316. The Bertz CT molecular complexity index is 583. The minimum Gasteiger partial charge on any atom is -0.486 e. The molecule has 0 aromatic heterocycles. The van der Waals surface area contributed by atoms with Crippen LogP contribution in [0.3, 0.4) is 0 Å². The molecule has 0 aliphatic carbocycles. The second kappa shape index (κ2) is 6.27. The molecule has 0 atom stereocenters. The fourth-order valence-electron chi connectivity index (χ4n) is 2.13. The molecule has 0 unspecified atom stereocenters. The molecular weight excluding hydrogens is 267 g/mol. The van der Waals surface area contributed by atoms with Crippen molar-refractivity contribution in [1.82, 2.24) is 0 Å². The third kappa shape index (κ3) is 3.61. The van der Waals surface area contributed by atoms with E-state index < -0.39 is 5.41 Å². The molecule has 0 saturated heterocycles. The van der Waals surface area contributed by atoms with Gasteiger partial charge in [-0.3, -0.25) is 0 Å². The topological polar surface area (TPSA) is 29.5 Å². The number of halogens is 1. The van der Waals surface area contributed by atoms with Crippen LogP contribution in [0.4, 0.5) is 4.39 Å². The molecule has 2 rings (SSSR count). The largest absolute Gasteiger partial charge is 0.486 e. The minimum atomic E-state index is -0.469. The van der Waals surface area contributed by atoms with Crippen LogP contribution in [0.2, 0.25) is 0 Å². The first-order valence-corrected chi connectivity index (χ1v) is 7.02. The van der Waals surface area contributed by atoms with E-state index in [1.54, 1.807) is 0 Å². The summed E-state index contributed by atoms with van der Waals surface area (Å²) in [6.45, 7) is 5.88. The predicted octanol–water partition coefficient (Wildman–Crippen LogP) is 3.98. The van der Waals surface area contributed by atoms with Crippen LogP contribution in [0.25, 0.3) is 0 Å². The zero-order chi connectivity index (χ0) is 15.5. The van der Waals surface area contributed by atoms with E-state index in [-0.39, 0.29) is 18.2 Å². The molecule has 2 aromatic rings. The van der Waals surface area contributed by atoms with E-state index in [1.165, 1.54) is 6.07 Å². The molecule has 0 bridgehead atoms. The molecule has 112 valence electrons.